The molecule has 0 aliphatic carbocycles. The van der Waals surface area contributed by atoms with Gasteiger partial charge in [0.1, 0.15) is 12.1 Å². The van der Waals surface area contributed by atoms with E-state index in [1.54, 1.807) is 30.6 Å². The van der Waals surface area contributed by atoms with Crippen LogP contribution in [0.25, 0.3) is 0 Å². The Morgan fingerprint density at radius 3 is 2.86 bits per heavy atom. The number of hydrogen-bond donors (Lipinski definition) is 2. The number of aryl methyl sites for hydroxylation is 1. The zero-order valence-corrected chi connectivity index (χ0v) is 12.0. The Hall–Kier alpha value is -2.57. The summed E-state index contributed by atoms with van der Waals surface area (Å²) in [4.78, 5) is 11.7. The van der Waals surface area contributed by atoms with Crippen LogP contribution in [0.2, 0.25) is 0 Å². The molecule has 0 spiro atoms. The fraction of sp³-hybridized carbons (Fsp3) is 0.357. The second kappa shape index (κ2) is 7.28. The van der Waals surface area contributed by atoms with Crippen LogP contribution < -0.4 is 15.8 Å². The molecule has 1 heterocycles. The number of nitrogens with two attached hydrogens (primary N) is 1. The highest BCUT2D eigenvalue weighted by molar-refractivity contribution is 5.75. The summed E-state index contributed by atoms with van der Waals surface area (Å²) in [6, 6.07) is 7.06. The molecule has 1 aromatic heterocycles. The highest BCUT2D eigenvalue weighted by Crippen LogP contribution is 2.13. The smallest absolute Gasteiger partial charge is 0.223 e. The highest BCUT2D eigenvalue weighted by atomic mass is 16.5. The van der Waals surface area contributed by atoms with E-state index in [2.05, 4.69) is 15.5 Å². The van der Waals surface area contributed by atoms with Crippen molar-refractivity contribution in [1.29, 1.82) is 0 Å². The van der Waals surface area contributed by atoms with Crippen LogP contribution in [0.15, 0.2) is 30.6 Å². The lowest BCUT2D eigenvalue weighted by Crippen LogP contribution is -2.26. The van der Waals surface area contributed by atoms with Crippen molar-refractivity contribution in [3.63, 3.8) is 0 Å². The van der Waals surface area contributed by atoms with Crippen LogP contribution >= 0.6 is 0 Å². The van der Waals surface area contributed by atoms with Gasteiger partial charge in [0.2, 0.25) is 5.91 Å². The van der Waals surface area contributed by atoms with Crippen molar-refractivity contribution < 1.29 is 9.53 Å². The summed E-state index contributed by atoms with van der Waals surface area (Å²) < 4.78 is 7.34. The molecule has 0 aliphatic heterocycles. The Bertz CT molecular complexity index is 579. The van der Waals surface area contributed by atoms with Gasteiger partial charge in [-0.1, -0.05) is 0 Å². The quantitative estimate of drug-likeness (QED) is 0.740. The molecule has 0 radical (unpaired) electrons. The first kappa shape index (κ1) is 14.8. The first-order chi connectivity index (χ1) is 10.2. The Labute approximate surface area is 123 Å². The van der Waals surface area contributed by atoms with Gasteiger partial charge in [-0.2, -0.15) is 0 Å². The Balaban J connectivity index is 1.69. The third-order valence-corrected chi connectivity index (χ3v) is 2.96. The molecule has 21 heavy (non-hydrogen) atoms. The number of carbonyl (C=O) groups excluding carboxylic acids is 1. The average Bonchev–Trinajstić information content (AvgIpc) is 2.95. The molecule has 7 heteroatoms. The molecule has 2 aromatic rings. The molecule has 7 nitrogen and oxygen atoms in total. The number of amides is 1. The maximum Gasteiger partial charge on any atom is 0.223 e. The fourth-order valence-corrected chi connectivity index (χ4v) is 1.77. The number of carbonyl (C=O) groups is 1. The van der Waals surface area contributed by atoms with Gasteiger partial charge in [-0.3, -0.25) is 4.79 Å². The molecular formula is C14H19N5O2. The van der Waals surface area contributed by atoms with Gasteiger partial charge in [0.25, 0.3) is 0 Å². The lowest BCUT2D eigenvalue weighted by molar-refractivity contribution is -0.121. The van der Waals surface area contributed by atoms with E-state index < -0.39 is 0 Å². The third-order valence-electron chi connectivity index (χ3n) is 2.96. The van der Waals surface area contributed by atoms with Gasteiger partial charge >= 0.3 is 0 Å². The molecule has 1 aromatic carbocycles. The van der Waals surface area contributed by atoms with E-state index in [1.807, 2.05) is 11.5 Å². The van der Waals surface area contributed by atoms with Gasteiger partial charge in [0.05, 0.1) is 19.6 Å². The molecule has 112 valence electrons. The maximum atomic E-state index is 11.7. The summed E-state index contributed by atoms with van der Waals surface area (Å²) >= 11 is 0. The fourth-order valence-electron chi connectivity index (χ4n) is 1.77. The Kier molecular flexibility index (Phi) is 5.14. The van der Waals surface area contributed by atoms with E-state index in [9.17, 15) is 4.79 Å². The first-order valence-electron chi connectivity index (χ1n) is 6.80. The lowest BCUT2D eigenvalue weighted by Gasteiger charge is -2.08. The molecule has 2 rings (SSSR count). The van der Waals surface area contributed by atoms with Gasteiger partial charge in [0, 0.05) is 12.2 Å². The van der Waals surface area contributed by atoms with Gasteiger partial charge in [-0.05, 0) is 31.2 Å². The van der Waals surface area contributed by atoms with E-state index in [0.717, 1.165) is 12.4 Å². The lowest BCUT2D eigenvalue weighted by atomic mass is 10.3. The number of aromatic nitrogens is 3. The van der Waals surface area contributed by atoms with Crippen molar-refractivity contribution in [3.05, 3.63) is 36.4 Å². The van der Waals surface area contributed by atoms with Crippen molar-refractivity contribution in [3.8, 4) is 5.75 Å². The van der Waals surface area contributed by atoms with Crippen molar-refractivity contribution >= 4 is 11.6 Å². The molecular weight excluding hydrogens is 270 g/mol. The summed E-state index contributed by atoms with van der Waals surface area (Å²) in [7, 11) is 0. The van der Waals surface area contributed by atoms with E-state index in [0.29, 0.717) is 24.6 Å². The topological polar surface area (TPSA) is 95.1 Å². The normalized spacial score (nSPS) is 10.3. The predicted molar refractivity (Wildman–Crippen MR) is 78.5 cm³/mol. The minimum atomic E-state index is -0.0869. The van der Waals surface area contributed by atoms with Crippen LogP contribution in [-0.4, -0.2) is 27.3 Å². The average molecular weight is 289 g/mol. The number of hydrogen-bond acceptors (Lipinski definition) is 5. The number of rotatable bonds is 7. The predicted octanol–water partition coefficient (Wildman–Crippen LogP) is 0.965. The standard InChI is InChI=1S/C14H19N5O2/c1-2-19-10-17-18-13(19)9-16-14(20)7-8-21-12-5-3-11(15)4-6-12/h3-6,10H,2,7-9,15H2,1H3,(H,16,20). The molecule has 3 N–H and O–H groups in total. The van der Waals surface area contributed by atoms with Gasteiger partial charge < -0.3 is 20.4 Å². The van der Waals surface area contributed by atoms with Crippen LogP contribution in [0.1, 0.15) is 19.2 Å². The van der Waals surface area contributed by atoms with Gasteiger partial charge in [-0.15, -0.1) is 10.2 Å². The van der Waals surface area contributed by atoms with E-state index in [1.165, 1.54) is 0 Å². The van der Waals surface area contributed by atoms with Crippen molar-refractivity contribution in [2.45, 2.75) is 26.4 Å². The first-order valence-corrected chi connectivity index (χ1v) is 6.80. The van der Waals surface area contributed by atoms with Gasteiger partial charge in [-0.25, -0.2) is 0 Å². The highest BCUT2D eigenvalue weighted by Gasteiger charge is 2.06. The minimum absolute atomic E-state index is 0.0869. The number of ether oxygens (including phenoxy) is 1. The number of nitrogens with one attached hydrogen (secondary N) is 1. The third kappa shape index (κ3) is 4.48. The Morgan fingerprint density at radius 2 is 2.14 bits per heavy atom. The van der Waals surface area contributed by atoms with Crippen LogP contribution in [0.5, 0.6) is 5.75 Å². The molecule has 0 atom stereocenters. The van der Waals surface area contributed by atoms with Crippen molar-refractivity contribution in [2.75, 3.05) is 12.3 Å². The SMILES string of the molecule is CCn1cnnc1CNC(=O)CCOc1ccc(N)cc1. The van der Waals surface area contributed by atoms with Crippen LogP contribution in [0, 0.1) is 0 Å². The van der Waals surface area contributed by atoms with E-state index in [4.69, 9.17) is 10.5 Å². The number of nitrogen functional groups attached to an aromatic ring is 1. The summed E-state index contributed by atoms with van der Waals surface area (Å²) in [6.45, 7) is 3.46. The number of benzene rings is 1. The van der Waals surface area contributed by atoms with Crippen LogP contribution in [0.3, 0.4) is 0 Å². The molecule has 0 unspecified atom stereocenters. The molecule has 1 amide bonds. The summed E-state index contributed by atoms with van der Waals surface area (Å²) in [5, 5.41) is 10.5. The van der Waals surface area contributed by atoms with Crippen LogP contribution in [0.4, 0.5) is 5.69 Å². The minimum Gasteiger partial charge on any atom is -0.493 e. The number of anilines is 1. The van der Waals surface area contributed by atoms with E-state index in [-0.39, 0.29) is 12.3 Å². The molecule has 0 saturated carbocycles. The molecule has 0 fully saturated rings. The molecule has 0 aliphatic rings. The summed E-state index contributed by atoms with van der Waals surface area (Å²) in [5.74, 6) is 1.35. The van der Waals surface area contributed by atoms with Crippen LogP contribution in [-0.2, 0) is 17.9 Å². The molecule has 0 bridgehead atoms. The van der Waals surface area contributed by atoms with E-state index >= 15 is 0 Å². The molecule has 0 saturated heterocycles. The second-order valence-corrected chi connectivity index (χ2v) is 4.48. The van der Waals surface area contributed by atoms with Gasteiger partial charge in [0.15, 0.2) is 5.82 Å². The summed E-state index contributed by atoms with van der Waals surface area (Å²) in [5.41, 5.74) is 6.26. The van der Waals surface area contributed by atoms with Crippen molar-refractivity contribution in [2.24, 2.45) is 0 Å². The Morgan fingerprint density at radius 1 is 1.38 bits per heavy atom. The maximum absolute atomic E-state index is 11.7. The zero-order chi connectivity index (χ0) is 15.1. The number of nitrogens with zero attached hydrogens (tertiary/aromatic N) is 3. The largest absolute Gasteiger partial charge is 0.493 e. The second-order valence-electron chi connectivity index (χ2n) is 4.48. The summed E-state index contributed by atoms with van der Waals surface area (Å²) in [6.07, 6.45) is 1.93. The van der Waals surface area contributed by atoms with Crippen molar-refractivity contribution in [1.82, 2.24) is 20.1 Å². The zero-order valence-electron chi connectivity index (χ0n) is 12.0. The monoisotopic (exact) mass is 289 g/mol.